The summed E-state index contributed by atoms with van der Waals surface area (Å²) in [4.78, 5) is 0. The van der Waals surface area contributed by atoms with Crippen molar-refractivity contribution < 1.29 is 5.11 Å². The van der Waals surface area contributed by atoms with Crippen molar-refractivity contribution in [3.8, 4) is 5.75 Å². The predicted molar refractivity (Wildman–Crippen MR) is 106 cm³/mol. The van der Waals surface area contributed by atoms with E-state index in [2.05, 4.69) is 12.2 Å². The van der Waals surface area contributed by atoms with Crippen LogP contribution < -0.4 is 5.32 Å². The highest BCUT2D eigenvalue weighted by atomic mass is 16.3. The first-order valence-corrected chi connectivity index (χ1v) is 10.3. The van der Waals surface area contributed by atoms with Crippen molar-refractivity contribution in [2.45, 2.75) is 96.9 Å². The molecule has 0 atom stereocenters. The Balaban J connectivity index is 1.77. The van der Waals surface area contributed by atoms with E-state index in [0.29, 0.717) is 5.75 Å². The third-order valence-electron chi connectivity index (χ3n) is 4.76. The first kappa shape index (κ1) is 21.0. The first-order chi connectivity index (χ1) is 11.8. The Kier molecular flexibility index (Phi) is 13.6. The van der Waals surface area contributed by atoms with Gasteiger partial charge in [0.05, 0.1) is 0 Å². The van der Waals surface area contributed by atoms with E-state index in [1.165, 1.54) is 83.5 Å². The number of unbranched alkanes of at least 4 members (excludes halogenated alkanes) is 12. The normalized spacial score (nSPS) is 11.0. The number of rotatable bonds is 16. The van der Waals surface area contributed by atoms with Gasteiger partial charge in [-0.2, -0.15) is 0 Å². The Morgan fingerprint density at radius 1 is 0.708 bits per heavy atom. The summed E-state index contributed by atoms with van der Waals surface area (Å²) in [5.41, 5.74) is 0.993. The molecular weight excluding hydrogens is 294 g/mol. The zero-order valence-corrected chi connectivity index (χ0v) is 15.9. The molecule has 1 aromatic carbocycles. The molecule has 2 heteroatoms. The van der Waals surface area contributed by atoms with Gasteiger partial charge in [-0.3, -0.25) is 0 Å². The van der Waals surface area contributed by atoms with Gasteiger partial charge < -0.3 is 10.4 Å². The quantitative estimate of drug-likeness (QED) is 0.335. The van der Waals surface area contributed by atoms with E-state index < -0.39 is 0 Å². The number of aromatic hydroxyl groups is 1. The van der Waals surface area contributed by atoms with Crippen molar-refractivity contribution in [2.75, 3.05) is 6.54 Å². The molecule has 2 N–H and O–H groups in total. The minimum absolute atomic E-state index is 0.398. The SMILES string of the molecule is CCCCCCCCCCCCCCCNCc1ccccc1O. The van der Waals surface area contributed by atoms with Gasteiger partial charge in [0, 0.05) is 12.1 Å². The van der Waals surface area contributed by atoms with Crippen LogP contribution in [-0.4, -0.2) is 11.7 Å². The lowest BCUT2D eigenvalue weighted by Gasteiger charge is -2.06. The van der Waals surface area contributed by atoms with E-state index in [4.69, 9.17) is 0 Å². The molecule has 0 amide bonds. The van der Waals surface area contributed by atoms with E-state index in [9.17, 15) is 5.11 Å². The molecule has 1 aromatic rings. The summed E-state index contributed by atoms with van der Waals surface area (Å²) < 4.78 is 0. The Morgan fingerprint density at radius 2 is 1.21 bits per heavy atom. The Morgan fingerprint density at radius 3 is 1.75 bits per heavy atom. The zero-order valence-electron chi connectivity index (χ0n) is 15.9. The number of hydrogen-bond acceptors (Lipinski definition) is 2. The maximum atomic E-state index is 9.69. The van der Waals surface area contributed by atoms with Crippen LogP contribution in [0.2, 0.25) is 0 Å². The van der Waals surface area contributed by atoms with Crippen LogP contribution in [0, 0.1) is 0 Å². The smallest absolute Gasteiger partial charge is 0.120 e. The second-order valence-electron chi connectivity index (χ2n) is 7.05. The maximum Gasteiger partial charge on any atom is 0.120 e. The monoisotopic (exact) mass is 333 g/mol. The second kappa shape index (κ2) is 15.5. The van der Waals surface area contributed by atoms with Gasteiger partial charge in [0.15, 0.2) is 0 Å². The van der Waals surface area contributed by atoms with Gasteiger partial charge in [-0.15, -0.1) is 0 Å². The molecule has 0 radical (unpaired) electrons. The minimum atomic E-state index is 0.398. The van der Waals surface area contributed by atoms with Crippen LogP contribution in [0.4, 0.5) is 0 Å². The molecule has 2 nitrogen and oxygen atoms in total. The molecule has 0 aliphatic rings. The van der Waals surface area contributed by atoms with Crippen molar-refractivity contribution >= 4 is 0 Å². The summed E-state index contributed by atoms with van der Waals surface area (Å²) in [6, 6.07) is 7.57. The van der Waals surface area contributed by atoms with Crippen LogP contribution in [0.3, 0.4) is 0 Å². The Hall–Kier alpha value is -1.02. The zero-order chi connectivity index (χ0) is 17.3. The van der Waals surface area contributed by atoms with Crippen LogP contribution in [0.1, 0.15) is 96.0 Å². The maximum absolute atomic E-state index is 9.69. The molecular formula is C22H39NO. The van der Waals surface area contributed by atoms with Crippen LogP contribution >= 0.6 is 0 Å². The minimum Gasteiger partial charge on any atom is -0.508 e. The molecule has 0 saturated carbocycles. The summed E-state index contributed by atoms with van der Waals surface area (Å²) in [6.45, 7) is 4.10. The van der Waals surface area contributed by atoms with E-state index in [1.807, 2.05) is 18.2 Å². The third kappa shape index (κ3) is 11.5. The summed E-state index contributed by atoms with van der Waals surface area (Å²) in [5.74, 6) is 0.398. The second-order valence-corrected chi connectivity index (χ2v) is 7.05. The van der Waals surface area contributed by atoms with Gasteiger partial charge in [-0.05, 0) is 19.0 Å². The lowest BCUT2D eigenvalue weighted by Crippen LogP contribution is -2.14. The fraction of sp³-hybridized carbons (Fsp3) is 0.727. The first-order valence-electron chi connectivity index (χ1n) is 10.3. The van der Waals surface area contributed by atoms with Crippen LogP contribution in [0.25, 0.3) is 0 Å². The molecule has 0 aliphatic carbocycles. The molecule has 0 heterocycles. The van der Waals surface area contributed by atoms with Gasteiger partial charge in [0.25, 0.3) is 0 Å². The Labute approximate surface area is 150 Å². The van der Waals surface area contributed by atoms with Gasteiger partial charge >= 0.3 is 0 Å². The average Bonchev–Trinajstić information content (AvgIpc) is 2.60. The van der Waals surface area contributed by atoms with Gasteiger partial charge in [0.1, 0.15) is 5.75 Å². The summed E-state index contributed by atoms with van der Waals surface area (Å²) >= 11 is 0. The largest absolute Gasteiger partial charge is 0.508 e. The van der Waals surface area contributed by atoms with Gasteiger partial charge in [-0.25, -0.2) is 0 Å². The summed E-state index contributed by atoms with van der Waals surface area (Å²) in [5, 5.41) is 13.1. The number of phenolic OH excluding ortho intramolecular Hbond substituents is 1. The lowest BCUT2D eigenvalue weighted by atomic mass is 10.0. The van der Waals surface area contributed by atoms with E-state index in [0.717, 1.165) is 18.7 Å². The van der Waals surface area contributed by atoms with Crippen molar-refractivity contribution in [3.63, 3.8) is 0 Å². The predicted octanol–water partition coefficient (Wildman–Crippen LogP) is 6.57. The number of benzene rings is 1. The molecule has 138 valence electrons. The summed E-state index contributed by atoms with van der Waals surface area (Å²) in [6.07, 6.45) is 18.2. The molecule has 0 aromatic heterocycles. The lowest BCUT2D eigenvalue weighted by molar-refractivity contribution is 0.463. The standard InChI is InChI=1S/C22H39NO/c1-2-3-4-5-6-7-8-9-10-11-12-13-16-19-23-20-21-17-14-15-18-22(21)24/h14-15,17-18,23-24H,2-13,16,19-20H2,1H3. The molecule has 0 bridgehead atoms. The molecule has 0 aliphatic heterocycles. The molecule has 0 unspecified atom stereocenters. The molecule has 0 spiro atoms. The van der Waals surface area contributed by atoms with Crippen molar-refractivity contribution in [1.82, 2.24) is 5.32 Å². The number of para-hydroxylation sites is 1. The highest BCUT2D eigenvalue weighted by Crippen LogP contribution is 2.15. The van der Waals surface area contributed by atoms with Crippen LogP contribution in [-0.2, 0) is 6.54 Å². The van der Waals surface area contributed by atoms with E-state index >= 15 is 0 Å². The number of hydrogen-bond donors (Lipinski definition) is 2. The fourth-order valence-corrected chi connectivity index (χ4v) is 3.15. The molecule has 0 fully saturated rings. The van der Waals surface area contributed by atoms with Crippen LogP contribution in [0.15, 0.2) is 24.3 Å². The van der Waals surface area contributed by atoms with Crippen molar-refractivity contribution in [1.29, 1.82) is 0 Å². The number of phenols is 1. The highest BCUT2D eigenvalue weighted by Gasteiger charge is 1.98. The highest BCUT2D eigenvalue weighted by molar-refractivity contribution is 5.31. The Bertz CT molecular complexity index is 391. The van der Waals surface area contributed by atoms with Crippen molar-refractivity contribution in [2.24, 2.45) is 0 Å². The van der Waals surface area contributed by atoms with Gasteiger partial charge in [-0.1, -0.05) is 102 Å². The molecule has 1 rings (SSSR count). The van der Waals surface area contributed by atoms with E-state index in [-0.39, 0.29) is 0 Å². The third-order valence-corrected chi connectivity index (χ3v) is 4.76. The van der Waals surface area contributed by atoms with Crippen molar-refractivity contribution in [3.05, 3.63) is 29.8 Å². The topological polar surface area (TPSA) is 32.3 Å². The van der Waals surface area contributed by atoms with Gasteiger partial charge in [0.2, 0.25) is 0 Å². The average molecular weight is 334 g/mol. The molecule has 24 heavy (non-hydrogen) atoms. The van der Waals surface area contributed by atoms with Crippen LogP contribution in [0.5, 0.6) is 5.75 Å². The van der Waals surface area contributed by atoms with E-state index in [1.54, 1.807) is 6.07 Å². The number of nitrogens with one attached hydrogen (secondary N) is 1. The summed E-state index contributed by atoms with van der Waals surface area (Å²) in [7, 11) is 0. The molecule has 0 saturated heterocycles. The fourth-order valence-electron chi connectivity index (χ4n) is 3.15.